The SMILES string of the molecule is CCC(C)(CC(C)C)C(=O)OCc1ccccc1. The van der Waals surface area contributed by atoms with E-state index in [1.165, 1.54) is 0 Å². The van der Waals surface area contributed by atoms with Crippen LogP contribution < -0.4 is 0 Å². The molecule has 2 heteroatoms. The van der Waals surface area contributed by atoms with Crippen molar-refractivity contribution in [2.75, 3.05) is 0 Å². The third-order valence-electron chi connectivity index (χ3n) is 3.34. The zero-order chi connectivity index (χ0) is 13.6. The van der Waals surface area contributed by atoms with Crippen molar-refractivity contribution in [2.24, 2.45) is 11.3 Å². The molecule has 0 amide bonds. The van der Waals surface area contributed by atoms with Gasteiger partial charge in [-0.05, 0) is 31.2 Å². The molecule has 0 aliphatic rings. The Hall–Kier alpha value is -1.31. The molecule has 0 aliphatic carbocycles. The van der Waals surface area contributed by atoms with Crippen LogP contribution in [0.5, 0.6) is 0 Å². The van der Waals surface area contributed by atoms with Crippen LogP contribution in [0, 0.1) is 11.3 Å². The van der Waals surface area contributed by atoms with Gasteiger partial charge in [-0.3, -0.25) is 4.79 Å². The fourth-order valence-electron chi connectivity index (χ4n) is 2.17. The number of rotatable bonds is 6. The second-order valence-electron chi connectivity index (χ2n) is 5.57. The molecule has 18 heavy (non-hydrogen) atoms. The van der Waals surface area contributed by atoms with Crippen molar-refractivity contribution in [3.8, 4) is 0 Å². The highest BCUT2D eigenvalue weighted by atomic mass is 16.5. The highest BCUT2D eigenvalue weighted by Crippen LogP contribution is 2.31. The highest BCUT2D eigenvalue weighted by molar-refractivity contribution is 5.76. The summed E-state index contributed by atoms with van der Waals surface area (Å²) in [6, 6.07) is 9.81. The molecule has 0 heterocycles. The summed E-state index contributed by atoms with van der Waals surface area (Å²) in [7, 11) is 0. The molecule has 0 N–H and O–H groups in total. The van der Waals surface area contributed by atoms with Gasteiger partial charge < -0.3 is 4.74 Å². The Morgan fingerprint density at radius 2 is 1.89 bits per heavy atom. The van der Waals surface area contributed by atoms with E-state index < -0.39 is 0 Å². The second kappa shape index (κ2) is 6.58. The number of hydrogen-bond donors (Lipinski definition) is 0. The van der Waals surface area contributed by atoms with Crippen molar-refractivity contribution >= 4 is 5.97 Å². The molecular weight excluding hydrogens is 224 g/mol. The van der Waals surface area contributed by atoms with Gasteiger partial charge in [0.2, 0.25) is 0 Å². The van der Waals surface area contributed by atoms with Gasteiger partial charge in [0.1, 0.15) is 6.61 Å². The summed E-state index contributed by atoms with van der Waals surface area (Å²) >= 11 is 0. The van der Waals surface area contributed by atoms with Gasteiger partial charge in [0.25, 0.3) is 0 Å². The van der Waals surface area contributed by atoms with Crippen LogP contribution in [0.1, 0.15) is 46.1 Å². The van der Waals surface area contributed by atoms with Gasteiger partial charge in [-0.2, -0.15) is 0 Å². The van der Waals surface area contributed by atoms with E-state index in [2.05, 4.69) is 13.8 Å². The fraction of sp³-hybridized carbons (Fsp3) is 0.562. The van der Waals surface area contributed by atoms with Crippen LogP contribution >= 0.6 is 0 Å². The van der Waals surface area contributed by atoms with Crippen LogP contribution in [-0.2, 0) is 16.1 Å². The van der Waals surface area contributed by atoms with E-state index in [4.69, 9.17) is 4.74 Å². The third kappa shape index (κ3) is 4.17. The zero-order valence-electron chi connectivity index (χ0n) is 11.9. The quantitative estimate of drug-likeness (QED) is 0.705. The van der Waals surface area contributed by atoms with Crippen molar-refractivity contribution in [1.82, 2.24) is 0 Å². The largest absolute Gasteiger partial charge is 0.460 e. The smallest absolute Gasteiger partial charge is 0.312 e. The first-order chi connectivity index (χ1) is 8.48. The molecular formula is C16H24O2. The molecule has 0 saturated carbocycles. The second-order valence-corrected chi connectivity index (χ2v) is 5.57. The van der Waals surface area contributed by atoms with Crippen LogP contribution in [-0.4, -0.2) is 5.97 Å². The molecule has 1 unspecified atom stereocenters. The van der Waals surface area contributed by atoms with Crippen LogP contribution in [0.2, 0.25) is 0 Å². The van der Waals surface area contributed by atoms with E-state index in [9.17, 15) is 4.79 Å². The standard InChI is InChI=1S/C16H24O2/c1-5-16(4,11-13(2)3)15(17)18-12-14-9-7-6-8-10-14/h6-10,13H,5,11-12H2,1-4H3. The molecule has 2 nitrogen and oxygen atoms in total. The van der Waals surface area contributed by atoms with Crippen molar-refractivity contribution in [3.63, 3.8) is 0 Å². The van der Waals surface area contributed by atoms with E-state index in [1.54, 1.807) is 0 Å². The minimum atomic E-state index is -0.358. The Balaban J connectivity index is 2.58. The Morgan fingerprint density at radius 3 is 2.39 bits per heavy atom. The maximum Gasteiger partial charge on any atom is 0.312 e. The summed E-state index contributed by atoms with van der Waals surface area (Å²) in [6.45, 7) is 8.69. The topological polar surface area (TPSA) is 26.3 Å². The molecule has 1 rings (SSSR count). The summed E-state index contributed by atoms with van der Waals surface area (Å²) in [5, 5.41) is 0. The van der Waals surface area contributed by atoms with Crippen molar-refractivity contribution < 1.29 is 9.53 Å². The number of ether oxygens (including phenoxy) is 1. The summed E-state index contributed by atoms with van der Waals surface area (Å²) < 4.78 is 5.45. The van der Waals surface area contributed by atoms with Crippen molar-refractivity contribution in [1.29, 1.82) is 0 Å². The van der Waals surface area contributed by atoms with Gasteiger partial charge >= 0.3 is 5.97 Å². The first-order valence-electron chi connectivity index (χ1n) is 6.69. The van der Waals surface area contributed by atoms with E-state index in [0.29, 0.717) is 12.5 Å². The van der Waals surface area contributed by atoms with Gasteiger partial charge in [0, 0.05) is 0 Å². The third-order valence-corrected chi connectivity index (χ3v) is 3.34. The van der Waals surface area contributed by atoms with Gasteiger partial charge in [-0.25, -0.2) is 0 Å². The molecule has 1 aromatic rings. The number of carbonyl (C=O) groups is 1. The molecule has 0 saturated heterocycles. The average Bonchev–Trinajstić information content (AvgIpc) is 2.36. The van der Waals surface area contributed by atoms with Gasteiger partial charge in [-0.15, -0.1) is 0 Å². The lowest BCUT2D eigenvalue weighted by Gasteiger charge is -2.27. The maximum atomic E-state index is 12.2. The lowest BCUT2D eigenvalue weighted by Crippen LogP contribution is -2.30. The van der Waals surface area contributed by atoms with E-state index in [0.717, 1.165) is 18.4 Å². The molecule has 1 atom stereocenters. The van der Waals surface area contributed by atoms with Crippen LogP contribution in [0.25, 0.3) is 0 Å². The van der Waals surface area contributed by atoms with Crippen molar-refractivity contribution in [3.05, 3.63) is 35.9 Å². The number of esters is 1. The minimum Gasteiger partial charge on any atom is -0.460 e. The maximum absolute atomic E-state index is 12.2. The average molecular weight is 248 g/mol. The molecule has 0 bridgehead atoms. The van der Waals surface area contributed by atoms with E-state index >= 15 is 0 Å². The zero-order valence-corrected chi connectivity index (χ0v) is 11.9. The molecule has 0 aliphatic heterocycles. The van der Waals surface area contributed by atoms with Gasteiger partial charge in [0.05, 0.1) is 5.41 Å². The summed E-state index contributed by atoms with van der Waals surface area (Å²) in [4.78, 5) is 12.2. The van der Waals surface area contributed by atoms with E-state index in [1.807, 2.05) is 44.2 Å². The van der Waals surface area contributed by atoms with Gasteiger partial charge in [0.15, 0.2) is 0 Å². The molecule has 0 fully saturated rings. The lowest BCUT2D eigenvalue weighted by atomic mass is 9.80. The minimum absolute atomic E-state index is 0.0810. The molecule has 0 aromatic heterocycles. The summed E-state index contributed by atoms with van der Waals surface area (Å²) in [5.74, 6) is 0.418. The highest BCUT2D eigenvalue weighted by Gasteiger charge is 2.33. The van der Waals surface area contributed by atoms with Crippen LogP contribution in [0.15, 0.2) is 30.3 Å². The van der Waals surface area contributed by atoms with Crippen LogP contribution in [0.3, 0.4) is 0 Å². The first kappa shape index (κ1) is 14.7. The Bertz CT molecular complexity index is 370. The Morgan fingerprint density at radius 1 is 1.28 bits per heavy atom. The molecule has 0 spiro atoms. The predicted octanol–water partition coefficient (Wildman–Crippen LogP) is 4.19. The lowest BCUT2D eigenvalue weighted by molar-refractivity contribution is -0.157. The fourth-order valence-corrected chi connectivity index (χ4v) is 2.17. The first-order valence-corrected chi connectivity index (χ1v) is 6.69. The molecule has 1 aromatic carbocycles. The summed E-state index contributed by atoms with van der Waals surface area (Å²) in [6.07, 6.45) is 1.69. The molecule has 0 radical (unpaired) electrons. The van der Waals surface area contributed by atoms with E-state index in [-0.39, 0.29) is 11.4 Å². The normalized spacial score (nSPS) is 14.3. The number of benzene rings is 1. The van der Waals surface area contributed by atoms with Crippen LogP contribution in [0.4, 0.5) is 0 Å². The monoisotopic (exact) mass is 248 g/mol. The predicted molar refractivity (Wildman–Crippen MR) is 74.1 cm³/mol. The van der Waals surface area contributed by atoms with Gasteiger partial charge in [-0.1, -0.05) is 51.1 Å². The Kier molecular flexibility index (Phi) is 5.39. The summed E-state index contributed by atoms with van der Waals surface area (Å²) in [5.41, 5.74) is 0.678. The number of hydrogen-bond acceptors (Lipinski definition) is 2. The molecule has 100 valence electrons. The number of carbonyl (C=O) groups excluding carboxylic acids is 1. The Labute approximate surface area is 110 Å². The van der Waals surface area contributed by atoms with Crippen molar-refractivity contribution in [2.45, 2.75) is 47.1 Å².